The number of aromatic nitrogens is 4. The van der Waals surface area contributed by atoms with Crippen LogP contribution >= 0.6 is 0 Å². The monoisotopic (exact) mass is 411 g/mol. The lowest BCUT2D eigenvalue weighted by Gasteiger charge is -2.18. The number of nitrogen functional groups attached to an aromatic ring is 1. The number of imidazole rings is 1. The van der Waals surface area contributed by atoms with E-state index in [-0.39, 0.29) is 6.04 Å². The quantitative estimate of drug-likeness (QED) is 0.511. The number of nitrogens with zero attached hydrogens (tertiary/aromatic N) is 5. The SMILES string of the molecule is C=C(Nc1ccccn1)c1ccc(-c2nc(C3CCCN3C)n3ccnc(N)c23)cc1. The van der Waals surface area contributed by atoms with Crippen LogP contribution in [0.1, 0.15) is 30.3 Å². The molecule has 0 spiro atoms. The molecule has 0 bridgehead atoms. The molecule has 1 aromatic carbocycles. The maximum atomic E-state index is 6.29. The van der Waals surface area contributed by atoms with E-state index in [1.54, 1.807) is 12.4 Å². The normalized spacial score (nSPS) is 16.6. The number of pyridine rings is 1. The zero-order valence-electron chi connectivity index (χ0n) is 17.5. The lowest BCUT2D eigenvalue weighted by Crippen LogP contribution is -2.19. The molecule has 3 aromatic heterocycles. The van der Waals surface area contributed by atoms with Crippen LogP contribution in [0.25, 0.3) is 22.5 Å². The number of hydrogen-bond donors (Lipinski definition) is 2. The number of anilines is 2. The summed E-state index contributed by atoms with van der Waals surface area (Å²) in [4.78, 5) is 16.0. The van der Waals surface area contributed by atoms with Gasteiger partial charge >= 0.3 is 0 Å². The van der Waals surface area contributed by atoms with Crippen LogP contribution in [0, 0.1) is 0 Å². The van der Waals surface area contributed by atoms with Gasteiger partial charge in [0.15, 0.2) is 0 Å². The van der Waals surface area contributed by atoms with Crippen molar-refractivity contribution in [3.63, 3.8) is 0 Å². The maximum Gasteiger partial charge on any atom is 0.150 e. The van der Waals surface area contributed by atoms with E-state index >= 15 is 0 Å². The van der Waals surface area contributed by atoms with Crippen LogP contribution in [0.4, 0.5) is 11.6 Å². The molecule has 0 aliphatic carbocycles. The topological polar surface area (TPSA) is 84.4 Å². The van der Waals surface area contributed by atoms with Crippen LogP contribution in [-0.2, 0) is 0 Å². The maximum absolute atomic E-state index is 6.29. The van der Waals surface area contributed by atoms with Gasteiger partial charge in [-0.05, 0) is 44.1 Å². The minimum Gasteiger partial charge on any atom is -0.382 e. The first kappa shape index (κ1) is 19.3. The summed E-state index contributed by atoms with van der Waals surface area (Å²) in [6.07, 6.45) is 7.71. The largest absolute Gasteiger partial charge is 0.382 e. The predicted octanol–water partition coefficient (Wildman–Crippen LogP) is 4.22. The molecular formula is C24H25N7. The highest BCUT2D eigenvalue weighted by Crippen LogP contribution is 2.35. The summed E-state index contributed by atoms with van der Waals surface area (Å²) in [5.74, 6) is 2.27. The minimum atomic E-state index is 0.282. The summed E-state index contributed by atoms with van der Waals surface area (Å²) >= 11 is 0. The van der Waals surface area contributed by atoms with E-state index in [9.17, 15) is 0 Å². The van der Waals surface area contributed by atoms with Gasteiger partial charge in [-0.2, -0.15) is 0 Å². The van der Waals surface area contributed by atoms with Crippen molar-refractivity contribution in [1.29, 1.82) is 0 Å². The van der Waals surface area contributed by atoms with Gasteiger partial charge in [-0.3, -0.25) is 9.30 Å². The third-order valence-corrected chi connectivity index (χ3v) is 5.88. The van der Waals surface area contributed by atoms with E-state index in [0.717, 1.165) is 52.6 Å². The fourth-order valence-electron chi connectivity index (χ4n) is 4.25. The van der Waals surface area contributed by atoms with Crippen molar-refractivity contribution in [2.24, 2.45) is 0 Å². The Morgan fingerprint density at radius 2 is 1.97 bits per heavy atom. The summed E-state index contributed by atoms with van der Waals surface area (Å²) in [7, 11) is 2.15. The fourth-order valence-corrected chi connectivity index (χ4v) is 4.25. The molecule has 7 nitrogen and oxygen atoms in total. The van der Waals surface area contributed by atoms with Gasteiger partial charge in [-0.25, -0.2) is 15.0 Å². The molecule has 0 saturated carbocycles. The molecule has 0 amide bonds. The molecule has 7 heteroatoms. The number of hydrogen-bond acceptors (Lipinski definition) is 6. The van der Waals surface area contributed by atoms with E-state index in [0.29, 0.717) is 5.82 Å². The standard InChI is InChI=1S/C24H25N7/c1-16(28-20-7-3-4-12-26-20)17-8-10-18(11-9-17)21-22-23(25)27-13-15-31(22)24(29-21)19-6-5-14-30(19)2/h3-4,7-13,15,19H,1,5-6,14H2,2H3,(H2,25,27)(H,26,28). The molecule has 1 atom stereocenters. The number of nitrogens with one attached hydrogen (secondary N) is 1. The van der Waals surface area contributed by atoms with Crippen LogP contribution in [0.15, 0.2) is 67.6 Å². The second kappa shape index (κ2) is 7.85. The first-order valence-electron chi connectivity index (χ1n) is 10.4. The first-order chi connectivity index (χ1) is 15.1. The Balaban J connectivity index is 1.50. The zero-order valence-corrected chi connectivity index (χ0v) is 17.5. The predicted molar refractivity (Wildman–Crippen MR) is 124 cm³/mol. The average Bonchev–Trinajstić information content (AvgIpc) is 3.38. The third-order valence-electron chi connectivity index (χ3n) is 5.88. The van der Waals surface area contributed by atoms with E-state index in [1.807, 2.05) is 36.5 Å². The molecule has 4 heterocycles. The Labute approximate surface area is 181 Å². The summed E-state index contributed by atoms with van der Waals surface area (Å²) < 4.78 is 2.10. The van der Waals surface area contributed by atoms with Crippen LogP contribution in [0.3, 0.4) is 0 Å². The number of likely N-dealkylation sites (tertiary alicyclic amines) is 1. The van der Waals surface area contributed by atoms with Gasteiger partial charge in [-0.15, -0.1) is 0 Å². The minimum absolute atomic E-state index is 0.282. The summed E-state index contributed by atoms with van der Waals surface area (Å²) in [6, 6.07) is 14.2. The molecular weight excluding hydrogens is 386 g/mol. The highest BCUT2D eigenvalue weighted by Gasteiger charge is 2.28. The zero-order chi connectivity index (χ0) is 21.4. The van der Waals surface area contributed by atoms with Crippen LogP contribution in [0.2, 0.25) is 0 Å². The number of rotatable bonds is 5. The molecule has 5 rings (SSSR count). The smallest absolute Gasteiger partial charge is 0.150 e. The van der Waals surface area contributed by atoms with Gasteiger partial charge in [0.05, 0.1) is 6.04 Å². The highest BCUT2D eigenvalue weighted by molar-refractivity contribution is 5.86. The van der Waals surface area contributed by atoms with Gasteiger partial charge < -0.3 is 11.1 Å². The van der Waals surface area contributed by atoms with Gasteiger partial charge in [0, 0.05) is 29.9 Å². The summed E-state index contributed by atoms with van der Waals surface area (Å²) in [6.45, 7) is 5.22. The Bertz CT molecular complexity index is 1230. The van der Waals surface area contributed by atoms with Crippen molar-refractivity contribution >= 4 is 22.8 Å². The van der Waals surface area contributed by atoms with Crippen molar-refractivity contribution in [2.75, 3.05) is 24.6 Å². The second-order valence-corrected chi connectivity index (χ2v) is 7.88. The van der Waals surface area contributed by atoms with Gasteiger partial charge in [0.1, 0.15) is 28.7 Å². The summed E-state index contributed by atoms with van der Waals surface area (Å²) in [5.41, 5.74) is 10.8. The van der Waals surface area contributed by atoms with Gasteiger partial charge in [0.25, 0.3) is 0 Å². The third kappa shape index (κ3) is 3.53. The Morgan fingerprint density at radius 1 is 1.13 bits per heavy atom. The molecule has 1 aliphatic heterocycles. The van der Waals surface area contributed by atoms with E-state index in [4.69, 9.17) is 10.7 Å². The molecule has 1 saturated heterocycles. The van der Waals surface area contributed by atoms with Crippen molar-refractivity contribution in [3.05, 3.63) is 79.0 Å². The van der Waals surface area contributed by atoms with Gasteiger partial charge in [-0.1, -0.05) is 36.9 Å². The summed E-state index contributed by atoms with van der Waals surface area (Å²) in [5, 5.41) is 3.24. The molecule has 1 fully saturated rings. The first-order valence-corrected chi connectivity index (χ1v) is 10.4. The van der Waals surface area contributed by atoms with Crippen molar-refractivity contribution in [2.45, 2.75) is 18.9 Å². The van der Waals surface area contributed by atoms with Crippen molar-refractivity contribution < 1.29 is 0 Å². The molecule has 31 heavy (non-hydrogen) atoms. The lowest BCUT2D eigenvalue weighted by atomic mass is 10.1. The van der Waals surface area contributed by atoms with E-state index in [1.165, 1.54) is 6.42 Å². The van der Waals surface area contributed by atoms with E-state index in [2.05, 4.69) is 50.3 Å². The highest BCUT2D eigenvalue weighted by atomic mass is 15.2. The van der Waals surface area contributed by atoms with Crippen LogP contribution in [-0.4, -0.2) is 37.8 Å². The fraction of sp³-hybridized carbons (Fsp3) is 0.208. The number of nitrogens with two attached hydrogens (primary N) is 1. The molecule has 1 aliphatic rings. The molecule has 1 unspecified atom stereocenters. The van der Waals surface area contributed by atoms with Crippen LogP contribution < -0.4 is 11.1 Å². The Kier molecular flexibility index (Phi) is 4.88. The molecule has 0 radical (unpaired) electrons. The average molecular weight is 412 g/mol. The van der Waals surface area contributed by atoms with E-state index < -0.39 is 0 Å². The number of benzene rings is 1. The Hall–Kier alpha value is -3.71. The van der Waals surface area contributed by atoms with Crippen molar-refractivity contribution in [1.82, 2.24) is 24.3 Å². The number of fused-ring (bicyclic) bond motifs is 1. The molecule has 4 aromatic rings. The Morgan fingerprint density at radius 3 is 2.68 bits per heavy atom. The lowest BCUT2D eigenvalue weighted by molar-refractivity contribution is 0.305. The molecule has 156 valence electrons. The van der Waals surface area contributed by atoms with Crippen molar-refractivity contribution in [3.8, 4) is 11.3 Å². The van der Waals surface area contributed by atoms with Gasteiger partial charge in [0.2, 0.25) is 0 Å². The van der Waals surface area contributed by atoms with Crippen LogP contribution in [0.5, 0.6) is 0 Å². The molecule has 3 N–H and O–H groups in total. The second-order valence-electron chi connectivity index (χ2n) is 7.88.